The van der Waals surface area contributed by atoms with Gasteiger partial charge in [0.05, 0.1) is 6.54 Å². The number of aryl methyl sites for hydroxylation is 2. The van der Waals surface area contributed by atoms with Gasteiger partial charge in [-0.3, -0.25) is 4.79 Å². The van der Waals surface area contributed by atoms with Crippen molar-refractivity contribution in [3.63, 3.8) is 0 Å². The number of hydrogen-bond donors (Lipinski definition) is 2. The Bertz CT molecular complexity index is 492. The first-order valence-electron chi connectivity index (χ1n) is 7.74. The van der Waals surface area contributed by atoms with Gasteiger partial charge in [-0.15, -0.1) is 0 Å². The molecule has 2 fully saturated rings. The lowest BCUT2D eigenvalue weighted by atomic mass is 10.1. The van der Waals surface area contributed by atoms with E-state index >= 15 is 0 Å². The van der Waals surface area contributed by atoms with E-state index in [1.165, 1.54) is 36.8 Å². The SMILES string of the molecule is Cc1ccc(NCC(=O)NC(C2CC2)C2CC2)c(C)c1. The smallest absolute Gasteiger partial charge is 0.239 e. The van der Waals surface area contributed by atoms with Gasteiger partial charge in [-0.05, 0) is 63.0 Å². The molecule has 0 saturated heterocycles. The molecule has 0 heterocycles. The van der Waals surface area contributed by atoms with E-state index in [1.807, 2.05) is 0 Å². The van der Waals surface area contributed by atoms with Crippen molar-refractivity contribution in [2.45, 2.75) is 45.6 Å². The first-order valence-corrected chi connectivity index (χ1v) is 7.74. The Hall–Kier alpha value is -1.51. The molecule has 0 aromatic heterocycles. The van der Waals surface area contributed by atoms with E-state index in [0.717, 1.165) is 17.5 Å². The quantitative estimate of drug-likeness (QED) is 0.836. The summed E-state index contributed by atoms with van der Waals surface area (Å²) >= 11 is 0. The Morgan fingerprint density at radius 1 is 1.20 bits per heavy atom. The van der Waals surface area contributed by atoms with Crippen LogP contribution in [0.2, 0.25) is 0 Å². The van der Waals surface area contributed by atoms with Crippen LogP contribution in [0.15, 0.2) is 18.2 Å². The lowest BCUT2D eigenvalue weighted by Crippen LogP contribution is -2.41. The van der Waals surface area contributed by atoms with E-state index in [0.29, 0.717) is 12.6 Å². The second kappa shape index (κ2) is 5.47. The third-order valence-corrected chi connectivity index (χ3v) is 4.41. The molecular weight excluding hydrogens is 248 g/mol. The predicted octanol–water partition coefficient (Wildman–Crippen LogP) is 3.02. The summed E-state index contributed by atoms with van der Waals surface area (Å²) in [6.07, 6.45) is 5.19. The van der Waals surface area contributed by atoms with Crippen molar-refractivity contribution in [3.05, 3.63) is 29.3 Å². The third-order valence-electron chi connectivity index (χ3n) is 4.41. The van der Waals surface area contributed by atoms with E-state index < -0.39 is 0 Å². The minimum atomic E-state index is 0.133. The molecule has 0 bridgehead atoms. The number of carbonyl (C=O) groups excluding carboxylic acids is 1. The summed E-state index contributed by atoms with van der Waals surface area (Å²) < 4.78 is 0. The summed E-state index contributed by atoms with van der Waals surface area (Å²) in [5, 5.41) is 6.49. The molecule has 0 radical (unpaired) electrons. The number of benzene rings is 1. The van der Waals surface area contributed by atoms with Gasteiger partial charge in [0.2, 0.25) is 5.91 Å². The molecule has 3 heteroatoms. The number of hydrogen-bond acceptors (Lipinski definition) is 2. The fourth-order valence-corrected chi connectivity index (χ4v) is 2.96. The average molecular weight is 272 g/mol. The van der Waals surface area contributed by atoms with Crippen molar-refractivity contribution in [2.24, 2.45) is 11.8 Å². The first-order chi connectivity index (χ1) is 9.63. The number of anilines is 1. The van der Waals surface area contributed by atoms with Gasteiger partial charge in [-0.1, -0.05) is 17.7 Å². The summed E-state index contributed by atoms with van der Waals surface area (Å²) in [6, 6.07) is 6.71. The Morgan fingerprint density at radius 2 is 1.85 bits per heavy atom. The molecule has 3 rings (SSSR count). The summed E-state index contributed by atoms with van der Waals surface area (Å²) in [6.45, 7) is 4.53. The lowest BCUT2D eigenvalue weighted by Gasteiger charge is -2.18. The Morgan fingerprint density at radius 3 is 2.40 bits per heavy atom. The van der Waals surface area contributed by atoms with Gasteiger partial charge in [-0.25, -0.2) is 0 Å². The molecule has 108 valence electrons. The van der Waals surface area contributed by atoms with Crippen molar-refractivity contribution in [1.29, 1.82) is 0 Å². The number of rotatable bonds is 6. The maximum absolute atomic E-state index is 12.1. The van der Waals surface area contributed by atoms with E-state index in [-0.39, 0.29) is 5.91 Å². The monoisotopic (exact) mass is 272 g/mol. The highest BCUT2D eigenvalue weighted by Gasteiger charge is 2.42. The standard InChI is InChI=1S/C17H24N2O/c1-11-3-8-15(12(2)9-11)18-10-16(20)19-17(13-4-5-13)14-6-7-14/h3,8-9,13-14,17-18H,4-7,10H2,1-2H3,(H,19,20). The molecule has 0 unspecified atom stereocenters. The number of nitrogens with one attached hydrogen (secondary N) is 2. The number of amides is 1. The van der Waals surface area contributed by atoms with Gasteiger partial charge in [0.1, 0.15) is 0 Å². The molecule has 2 aliphatic rings. The van der Waals surface area contributed by atoms with Gasteiger partial charge in [-0.2, -0.15) is 0 Å². The van der Waals surface area contributed by atoms with Gasteiger partial charge in [0.25, 0.3) is 0 Å². The van der Waals surface area contributed by atoms with Crippen LogP contribution in [-0.4, -0.2) is 18.5 Å². The van der Waals surface area contributed by atoms with Crippen LogP contribution >= 0.6 is 0 Å². The fraction of sp³-hybridized carbons (Fsp3) is 0.588. The number of carbonyl (C=O) groups is 1. The van der Waals surface area contributed by atoms with Crippen molar-refractivity contribution in [1.82, 2.24) is 5.32 Å². The minimum Gasteiger partial charge on any atom is -0.376 e. The second-order valence-corrected chi connectivity index (χ2v) is 6.44. The Kier molecular flexibility index (Phi) is 3.68. The predicted molar refractivity (Wildman–Crippen MR) is 81.8 cm³/mol. The van der Waals surface area contributed by atoms with Crippen molar-refractivity contribution >= 4 is 11.6 Å². The second-order valence-electron chi connectivity index (χ2n) is 6.44. The third kappa shape index (κ3) is 3.33. The Labute approximate surface area is 121 Å². The van der Waals surface area contributed by atoms with Gasteiger partial charge >= 0.3 is 0 Å². The summed E-state index contributed by atoms with van der Waals surface area (Å²) in [4.78, 5) is 12.1. The highest BCUT2D eigenvalue weighted by molar-refractivity contribution is 5.81. The molecule has 1 aromatic carbocycles. The van der Waals surface area contributed by atoms with Crippen molar-refractivity contribution in [2.75, 3.05) is 11.9 Å². The maximum Gasteiger partial charge on any atom is 0.239 e. The molecule has 2 aliphatic carbocycles. The van der Waals surface area contributed by atoms with Gasteiger partial charge < -0.3 is 10.6 Å². The summed E-state index contributed by atoms with van der Waals surface area (Å²) in [5.74, 6) is 1.65. The van der Waals surface area contributed by atoms with E-state index in [9.17, 15) is 4.79 Å². The maximum atomic E-state index is 12.1. The normalized spacial score (nSPS) is 18.1. The van der Waals surface area contributed by atoms with E-state index in [1.54, 1.807) is 0 Å². The molecular formula is C17H24N2O. The van der Waals surface area contributed by atoms with Gasteiger partial charge in [0.15, 0.2) is 0 Å². The molecule has 20 heavy (non-hydrogen) atoms. The van der Waals surface area contributed by atoms with Gasteiger partial charge in [0, 0.05) is 11.7 Å². The van der Waals surface area contributed by atoms with Crippen LogP contribution < -0.4 is 10.6 Å². The highest BCUT2D eigenvalue weighted by Crippen LogP contribution is 2.44. The van der Waals surface area contributed by atoms with Crippen LogP contribution in [0.25, 0.3) is 0 Å². The van der Waals surface area contributed by atoms with Crippen molar-refractivity contribution < 1.29 is 4.79 Å². The first kappa shape index (κ1) is 13.5. The average Bonchev–Trinajstić information content (AvgIpc) is 3.28. The van der Waals surface area contributed by atoms with Crippen LogP contribution in [0, 0.1) is 25.7 Å². The molecule has 0 spiro atoms. The zero-order valence-electron chi connectivity index (χ0n) is 12.4. The largest absolute Gasteiger partial charge is 0.376 e. The topological polar surface area (TPSA) is 41.1 Å². The minimum absolute atomic E-state index is 0.133. The zero-order chi connectivity index (χ0) is 14.1. The summed E-state index contributed by atoms with van der Waals surface area (Å²) in [5.41, 5.74) is 3.50. The van der Waals surface area contributed by atoms with Crippen LogP contribution in [0.4, 0.5) is 5.69 Å². The molecule has 2 N–H and O–H groups in total. The van der Waals surface area contributed by atoms with Crippen LogP contribution in [0.3, 0.4) is 0 Å². The highest BCUT2D eigenvalue weighted by atomic mass is 16.2. The van der Waals surface area contributed by atoms with E-state index in [2.05, 4.69) is 42.7 Å². The van der Waals surface area contributed by atoms with Crippen molar-refractivity contribution in [3.8, 4) is 0 Å². The molecule has 1 aromatic rings. The summed E-state index contributed by atoms with van der Waals surface area (Å²) in [7, 11) is 0. The Balaban J connectivity index is 1.51. The molecule has 2 saturated carbocycles. The molecule has 3 nitrogen and oxygen atoms in total. The fourth-order valence-electron chi connectivity index (χ4n) is 2.96. The zero-order valence-corrected chi connectivity index (χ0v) is 12.4. The molecule has 0 atom stereocenters. The van der Waals surface area contributed by atoms with E-state index in [4.69, 9.17) is 0 Å². The lowest BCUT2D eigenvalue weighted by molar-refractivity contribution is -0.120. The van der Waals surface area contributed by atoms with Crippen LogP contribution in [0.5, 0.6) is 0 Å². The molecule has 1 amide bonds. The van der Waals surface area contributed by atoms with Crippen LogP contribution in [0.1, 0.15) is 36.8 Å². The molecule has 0 aliphatic heterocycles. The van der Waals surface area contributed by atoms with Crippen LogP contribution in [-0.2, 0) is 4.79 Å².